The normalized spacial score (nSPS) is 21.0. The molecule has 116 valence electrons. The minimum Gasteiger partial charge on any atom is -0.486 e. The van der Waals surface area contributed by atoms with Gasteiger partial charge in [-0.25, -0.2) is 0 Å². The number of furan rings is 1. The van der Waals surface area contributed by atoms with Crippen molar-refractivity contribution >= 4 is 29.3 Å². The Balaban J connectivity index is 1.57. The molecule has 0 spiro atoms. The number of rotatable bonds is 5. The van der Waals surface area contributed by atoms with Gasteiger partial charge in [0.2, 0.25) is 0 Å². The monoisotopic (exact) mass is 339 g/mol. The fourth-order valence-corrected chi connectivity index (χ4v) is 3.38. The van der Waals surface area contributed by atoms with E-state index in [0.29, 0.717) is 34.7 Å². The Kier molecular flexibility index (Phi) is 4.61. The zero-order chi connectivity index (χ0) is 15.5. The molecule has 1 aliphatic heterocycles. The molecule has 0 unspecified atom stereocenters. The summed E-state index contributed by atoms with van der Waals surface area (Å²) in [4.78, 5) is 10.9. The van der Waals surface area contributed by atoms with Gasteiger partial charge in [0.1, 0.15) is 35.3 Å². The highest BCUT2D eigenvalue weighted by atomic mass is 35.5. The van der Waals surface area contributed by atoms with Crippen LogP contribution in [0.1, 0.15) is 16.9 Å². The summed E-state index contributed by atoms with van der Waals surface area (Å²) >= 11 is 7.33. The zero-order valence-corrected chi connectivity index (χ0v) is 13.1. The molecule has 1 saturated heterocycles. The Hall–Kier alpha value is -1.63. The maximum absolute atomic E-state index is 10.9. The van der Waals surface area contributed by atoms with Crippen LogP contribution in [0.5, 0.6) is 5.75 Å². The van der Waals surface area contributed by atoms with Crippen molar-refractivity contribution in [3.05, 3.63) is 52.9 Å². The van der Waals surface area contributed by atoms with Crippen LogP contribution >= 0.6 is 23.4 Å². The lowest BCUT2D eigenvalue weighted by Gasteiger charge is -2.08. The number of benzene rings is 1. The third-order valence-electron chi connectivity index (χ3n) is 3.22. The Morgan fingerprint density at radius 1 is 1.36 bits per heavy atom. The molecule has 2 aromatic rings. The van der Waals surface area contributed by atoms with E-state index in [-0.39, 0.29) is 5.37 Å². The number of nitrogens with one attached hydrogen (secondary N) is 1. The molecule has 0 aliphatic carbocycles. The second-order valence-corrected chi connectivity index (χ2v) is 6.39. The molecule has 3 rings (SSSR count). The quantitative estimate of drug-likeness (QED) is 0.871. The van der Waals surface area contributed by atoms with E-state index in [4.69, 9.17) is 25.9 Å². The van der Waals surface area contributed by atoms with Gasteiger partial charge in [0.15, 0.2) is 0 Å². The van der Waals surface area contributed by atoms with E-state index in [1.54, 1.807) is 24.3 Å². The van der Waals surface area contributed by atoms with Crippen LogP contribution in [0.4, 0.5) is 0 Å². The molecule has 2 atom stereocenters. The first kappa shape index (κ1) is 15.3. The van der Waals surface area contributed by atoms with Crippen molar-refractivity contribution < 1.29 is 19.1 Å². The molecule has 0 radical (unpaired) electrons. The Morgan fingerprint density at radius 3 is 2.82 bits per heavy atom. The molecule has 1 aromatic heterocycles. The molecular formula is C15H14ClNO4S. The van der Waals surface area contributed by atoms with Gasteiger partial charge >= 0.3 is 5.97 Å². The Labute approximate surface area is 136 Å². The molecular weight excluding hydrogens is 326 g/mol. The van der Waals surface area contributed by atoms with Crippen molar-refractivity contribution in [3.63, 3.8) is 0 Å². The van der Waals surface area contributed by atoms with E-state index in [1.165, 1.54) is 11.8 Å². The highest BCUT2D eigenvalue weighted by molar-refractivity contribution is 7.99. The number of carboxylic acids is 1. The van der Waals surface area contributed by atoms with Crippen LogP contribution in [0.25, 0.3) is 0 Å². The highest BCUT2D eigenvalue weighted by Gasteiger charge is 2.32. The van der Waals surface area contributed by atoms with E-state index in [9.17, 15) is 4.79 Å². The summed E-state index contributed by atoms with van der Waals surface area (Å²) in [5.74, 6) is 1.79. The summed E-state index contributed by atoms with van der Waals surface area (Å²) in [5.41, 5.74) is 0. The van der Waals surface area contributed by atoms with Crippen molar-refractivity contribution in [1.82, 2.24) is 5.32 Å². The van der Waals surface area contributed by atoms with Gasteiger partial charge in [0.05, 0.1) is 0 Å². The molecule has 1 aliphatic rings. The summed E-state index contributed by atoms with van der Waals surface area (Å²) in [5, 5.41) is 12.5. The SMILES string of the molecule is O=C(O)[C@@H]1CS[C@H](c2ccc(COc3ccc(Cl)cc3)o2)N1. The van der Waals surface area contributed by atoms with E-state index < -0.39 is 12.0 Å². The smallest absolute Gasteiger partial charge is 0.321 e. The predicted molar refractivity (Wildman–Crippen MR) is 84.3 cm³/mol. The van der Waals surface area contributed by atoms with Gasteiger partial charge in [-0.2, -0.15) is 0 Å². The molecule has 0 saturated carbocycles. The zero-order valence-electron chi connectivity index (χ0n) is 11.5. The van der Waals surface area contributed by atoms with Gasteiger partial charge in [-0.1, -0.05) is 11.6 Å². The van der Waals surface area contributed by atoms with Crippen molar-refractivity contribution in [2.24, 2.45) is 0 Å². The topological polar surface area (TPSA) is 71.7 Å². The minimum atomic E-state index is -0.840. The number of hydrogen-bond acceptors (Lipinski definition) is 5. The third kappa shape index (κ3) is 3.58. The van der Waals surface area contributed by atoms with Gasteiger partial charge in [-0.3, -0.25) is 10.1 Å². The standard InChI is InChI=1S/C15H14ClNO4S/c16-9-1-3-10(4-2-9)20-7-11-5-6-13(21-11)14-17-12(8-22-14)15(18)19/h1-6,12,14,17H,7-8H2,(H,18,19)/t12-,14+/m0/s1. The number of thioether (sulfide) groups is 1. The Bertz CT molecular complexity index is 658. The van der Waals surface area contributed by atoms with Gasteiger partial charge in [-0.15, -0.1) is 11.8 Å². The fraction of sp³-hybridized carbons (Fsp3) is 0.267. The second kappa shape index (κ2) is 6.64. The number of carbonyl (C=O) groups is 1. The molecule has 7 heteroatoms. The molecule has 1 aromatic carbocycles. The average Bonchev–Trinajstić information content (AvgIpc) is 3.15. The third-order valence-corrected chi connectivity index (χ3v) is 4.70. The van der Waals surface area contributed by atoms with Crippen LogP contribution in [0.2, 0.25) is 5.02 Å². The van der Waals surface area contributed by atoms with Crippen LogP contribution < -0.4 is 10.1 Å². The van der Waals surface area contributed by atoms with Gasteiger partial charge in [0.25, 0.3) is 0 Å². The molecule has 0 bridgehead atoms. The number of ether oxygens (including phenoxy) is 1. The van der Waals surface area contributed by atoms with Crippen LogP contribution in [0, 0.1) is 0 Å². The lowest BCUT2D eigenvalue weighted by Crippen LogP contribution is -2.33. The van der Waals surface area contributed by atoms with Gasteiger partial charge < -0.3 is 14.3 Å². The van der Waals surface area contributed by atoms with E-state index in [2.05, 4.69) is 5.32 Å². The highest BCUT2D eigenvalue weighted by Crippen LogP contribution is 2.34. The number of hydrogen-bond donors (Lipinski definition) is 2. The first-order chi connectivity index (χ1) is 10.6. The first-order valence-corrected chi connectivity index (χ1v) is 8.12. The molecule has 2 N–H and O–H groups in total. The summed E-state index contributed by atoms with van der Waals surface area (Å²) in [6.45, 7) is 0.307. The van der Waals surface area contributed by atoms with E-state index >= 15 is 0 Å². The molecule has 1 fully saturated rings. The van der Waals surface area contributed by atoms with Gasteiger partial charge in [0, 0.05) is 10.8 Å². The summed E-state index contributed by atoms with van der Waals surface area (Å²) in [6.07, 6.45) is 0. The molecule has 0 amide bonds. The second-order valence-electron chi connectivity index (χ2n) is 4.82. The average molecular weight is 340 g/mol. The summed E-state index contributed by atoms with van der Waals surface area (Å²) in [6, 6.07) is 10.2. The lowest BCUT2D eigenvalue weighted by molar-refractivity contribution is -0.138. The van der Waals surface area contributed by atoms with Crippen LogP contribution in [-0.2, 0) is 11.4 Å². The largest absolute Gasteiger partial charge is 0.486 e. The van der Waals surface area contributed by atoms with E-state index in [1.807, 2.05) is 12.1 Å². The summed E-state index contributed by atoms with van der Waals surface area (Å²) < 4.78 is 11.3. The first-order valence-electron chi connectivity index (χ1n) is 6.69. The predicted octanol–water partition coefficient (Wildman–Crippen LogP) is 3.30. The number of aliphatic carboxylic acids is 1. The number of carboxylic acid groups (broad SMARTS) is 1. The fourth-order valence-electron chi connectivity index (χ4n) is 2.08. The van der Waals surface area contributed by atoms with Crippen LogP contribution in [-0.4, -0.2) is 22.9 Å². The van der Waals surface area contributed by atoms with Crippen LogP contribution in [0.15, 0.2) is 40.8 Å². The Morgan fingerprint density at radius 2 is 2.14 bits per heavy atom. The number of halogens is 1. The maximum atomic E-state index is 10.9. The molecule has 22 heavy (non-hydrogen) atoms. The lowest BCUT2D eigenvalue weighted by atomic mass is 10.3. The van der Waals surface area contributed by atoms with Crippen molar-refractivity contribution in [3.8, 4) is 5.75 Å². The van der Waals surface area contributed by atoms with Crippen molar-refractivity contribution in [2.45, 2.75) is 18.0 Å². The van der Waals surface area contributed by atoms with Crippen LogP contribution in [0.3, 0.4) is 0 Å². The van der Waals surface area contributed by atoms with E-state index in [0.717, 1.165) is 0 Å². The minimum absolute atomic E-state index is 0.134. The maximum Gasteiger partial charge on any atom is 0.321 e. The summed E-state index contributed by atoms with van der Waals surface area (Å²) in [7, 11) is 0. The van der Waals surface area contributed by atoms with Crippen molar-refractivity contribution in [1.29, 1.82) is 0 Å². The van der Waals surface area contributed by atoms with Gasteiger partial charge in [-0.05, 0) is 36.4 Å². The molecule has 2 heterocycles. The molecule has 5 nitrogen and oxygen atoms in total. The van der Waals surface area contributed by atoms with Crippen molar-refractivity contribution in [2.75, 3.05) is 5.75 Å².